The molecule has 0 aromatic heterocycles. The quantitative estimate of drug-likeness (QED) is 0.166. The highest BCUT2D eigenvalue weighted by molar-refractivity contribution is 6.19. The molecule has 2 saturated heterocycles. The lowest BCUT2D eigenvalue weighted by Gasteiger charge is -2.19. The molecule has 2 fully saturated rings. The fourth-order valence-electron chi connectivity index (χ4n) is 5.42. The van der Waals surface area contributed by atoms with Crippen LogP contribution in [0.4, 0.5) is 0 Å². The molecule has 5 atom stereocenters. The molecule has 0 spiro atoms. The van der Waals surface area contributed by atoms with E-state index in [1.807, 2.05) is 12.1 Å². The largest absolute Gasteiger partial charge is 0.497 e. The Labute approximate surface area is 229 Å². The molecule has 1 aromatic rings. The third kappa shape index (κ3) is 5.98. The molecule has 0 amide bonds. The Kier molecular flexibility index (Phi) is 8.40. The van der Waals surface area contributed by atoms with Crippen molar-refractivity contribution in [3.05, 3.63) is 89.8 Å². The van der Waals surface area contributed by atoms with Crippen LogP contribution in [0.5, 0.6) is 5.75 Å². The van der Waals surface area contributed by atoms with E-state index in [4.69, 9.17) is 18.9 Å². The Morgan fingerprint density at radius 2 is 1.79 bits per heavy atom. The Morgan fingerprint density at radius 3 is 2.44 bits per heavy atom. The van der Waals surface area contributed by atoms with E-state index in [2.05, 4.69) is 33.1 Å². The highest BCUT2D eigenvalue weighted by Crippen LogP contribution is 2.49. The van der Waals surface area contributed by atoms with Crippen LogP contribution in [0.3, 0.4) is 0 Å². The Bertz CT molecular complexity index is 1270. The molecule has 7 heteroatoms. The topological polar surface area (TPSA) is 91.4 Å². The molecule has 2 aliphatic heterocycles. The molecule has 5 rings (SSSR count). The summed E-state index contributed by atoms with van der Waals surface area (Å²) >= 11 is 0. The van der Waals surface area contributed by atoms with E-state index in [9.17, 15) is 14.4 Å². The number of carbonyl (C=O) groups excluding carboxylic acids is 3. The fourth-order valence-corrected chi connectivity index (χ4v) is 5.42. The van der Waals surface area contributed by atoms with Crippen LogP contribution in [0.1, 0.15) is 51.0 Å². The minimum absolute atomic E-state index is 0.0568. The zero-order valence-electron chi connectivity index (χ0n) is 23.0. The Morgan fingerprint density at radius 1 is 1.08 bits per heavy atom. The molecule has 2 heterocycles. The number of ketones is 2. The molecule has 0 bridgehead atoms. The van der Waals surface area contributed by atoms with Gasteiger partial charge < -0.3 is 18.9 Å². The standard InChI is InChI=1S/C17H16O4.C15H20O3/c1-4-13(11-5-7-12(20-2)8-6-11)14-9-16(19)17(21-3)10-15(14)18;1-9-5-4-8-15(3)13(18-15)12-11(7-6-9)10(2)14(16)17-12/h4-10,13H,1H2,2-3H3;5,11-13H,2,4,6-8H2,1,3H3. The van der Waals surface area contributed by atoms with Crippen LogP contribution in [-0.2, 0) is 28.6 Å². The number of hydrogen-bond acceptors (Lipinski definition) is 7. The number of rotatable bonds is 5. The van der Waals surface area contributed by atoms with E-state index in [0.29, 0.717) is 11.1 Å². The summed E-state index contributed by atoms with van der Waals surface area (Å²) in [5.74, 6) is -0.222. The lowest BCUT2D eigenvalue weighted by molar-refractivity contribution is -0.140. The molecule has 0 saturated carbocycles. The van der Waals surface area contributed by atoms with Crippen molar-refractivity contribution in [3.63, 3.8) is 0 Å². The van der Waals surface area contributed by atoms with Crippen molar-refractivity contribution >= 4 is 17.5 Å². The van der Waals surface area contributed by atoms with Gasteiger partial charge in [-0.1, -0.05) is 36.4 Å². The van der Waals surface area contributed by atoms with Gasteiger partial charge >= 0.3 is 5.97 Å². The molecular weight excluding hydrogens is 496 g/mol. The first-order valence-corrected chi connectivity index (χ1v) is 13.2. The fraction of sp³-hybridized carbons (Fsp3) is 0.406. The first-order valence-electron chi connectivity index (χ1n) is 13.2. The van der Waals surface area contributed by atoms with Gasteiger partial charge in [0.05, 0.1) is 19.8 Å². The summed E-state index contributed by atoms with van der Waals surface area (Å²) < 4.78 is 21.3. The van der Waals surface area contributed by atoms with Crippen LogP contribution in [0.25, 0.3) is 0 Å². The number of fused-ring (bicyclic) bond motifs is 3. The van der Waals surface area contributed by atoms with Crippen molar-refractivity contribution in [2.24, 2.45) is 5.92 Å². The van der Waals surface area contributed by atoms with Gasteiger partial charge in [0.1, 0.15) is 18.0 Å². The minimum Gasteiger partial charge on any atom is -0.497 e. The van der Waals surface area contributed by atoms with Gasteiger partial charge in [-0.05, 0) is 63.3 Å². The zero-order chi connectivity index (χ0) is 28.3. The summed E-state index contributed by atoms with van der Waals surface area (Å²) in [6.45, 7) is 11.9. The third-order valence-corrected chi connectivity index (χ3v) is 7.91. The van der Waals surface area contributed by atoms with Gasteiger partial charge in [-0.3, -0.25) is 9.59 Å². The van der Waals surface area contributed by atoms with Crippen LogP contribution in [0.15, 0.2) is 84.2 Å². The molecule has 0 N–H and O–H groups in total. The number of hydrogen-bond donors (Lipinski definition) is 0. The average molecular weight is 533 g/mol. The molecule has 5 unspecified atom stereocenters. The highest BCUT2D eigenvalue weighted by atomic mass is 16.6. The third-order valence-electron chi connectivity index (χ3n) is 7.91. The first-order chi connectivity index (χ1) is 18.6. The van der Waals surface area contributed by atoms with Crippen LogP contribution in [0, 0.1) is 5.92 Å². The minimum atomic E-state index is -0.345. The molecule has 0 radical (unpaired) electrons. The van der Waals surface area contributed by atoms with Gasteiger partial charge in [0.2, 0.25) is 5.78 Å². The maximum atomic E-state index is 12.2. The predicted molar refractivity (Wildman–Crippen MR) is 147 cm³/mol. The van der Waals surface area contributed by atoms with Crippen LogP contribution < -0.4 is 4.74 Å². The molecule has 7 nitrogen and oxygen atoms in total. The monoisotopic (exact) mass is 532 g/mol. The van der Waals surface area contributed by atoms with E-state index in [0.717, 1.165) is 37.0 Å². The summed E-state index contributed by atoms with van der Waals surface area (Å²) in [5, 5.41) is 0. The summed E-state index contributed by atoms with van der Waals surface area (Å²) in [5.41, 5.74) is 3.17. The van der Waals surface area contributed by atoms with Crippen molar-refractivity contribution in [2.45, 2.75) is 63.3 Å². The van der Waals surface area contributed by atoms with Crippen molar-refractivity contribution in [1.29, 1.82) is 0 Å². The number of ether oxygens (including phenoxy) is 4. The number of methoxy groups -OCH3 is 2. The van der Waals surface area contributed by atoms with Gasteiger partial charge in [0.25, 0.3) is 0 Å². The van der Waals surface area contributed by atoms with Crippen molar-refractivity contribution in [1.82, 2.24) is 0 Å². The molecule has 4 aliphatic rings. The number of carbonyl (C=O) groups is 3. The van der Waals surface area contributed by atoms with Crippen molar-refractivity contribution in [3.8, 4) is 5.75 Å². The van der Waals surface area contributed by atoms with Gasteiger partial charge in [-0.25, -0.2) is 4.79 Å². The van der Waals surface area contributed by atoms with Crippen molar-refractivity contribution < 1.29 is 33.3 Å². The normalized spacial score (nSPS) is 28.7. The second-order valence-electron chi connectivity index (χ2n) is 10.5. The predicted octanol–water partition coefficient (Wildman–Crippen LogP) is 5.34. The van der Waals surface area contributed by atoms with Gasteiger partial charge in [-0.15, -0.1) is 6.58 Å². The molecule has 2 aliphatic carbocycles. The summed E-state index contributed by atoms with van der Waals surface area (Å²) in [4.78, 5) is 35.7. The number of allylic oxidation sites excluding steroid dienone is 6. The zero-order valence-corrected chi connectivity index (χ0v) is 23.0. The second-order valence-corrected chi connectivity index (χ2v) is 10.5. The van der Waals surface area contributed by atoms with Crippen molar-refractivity contribution in [2.75, 3.05) is 14.2 Å². The molecule has 1 aromatic carbocycles. The van der Waals surface area contributed by atoms with E-state index in [-0.39, 0.29) is 52.9 Å². The number of benzene rings is 1. The Balaban J connectivity index is 0.000000183. The van der Waals surface area contributed by atoms with Crippen LogP contribution in [0.2, 0.25) is 0 Å². The maximum Gasteiger partial charge on any atom is 0.334 e. The van der Waals surface area contributed by atoms with Gasteiger partial charge in [0, 0.05) is 29.1 Å². The maximum absolute atomic E-state index is 12.2. The molecular formula is C32H36O7. The van der Waals surface area contributed by atoms with E-state index < -0.39 is 0 Å². The van der Waals surface area contributed by atoms with Gasteiger partial charge in [-0.2, -0.15) is 0 Å². The van der Waals surface area contributed by atoms with E-state index in [1.165, 1.54) is 24.8 Å². The van der Waals surface area contributed by atoms with Crippen LogP contribution in [-0.4, -0.2) is 49.6 Å². The second kappa shape index (κ2) is 11.6. The lowest BCUT2D eigenvalue weighted by atomic mass is 9.84. The summed E-state index contributed by atoms with van der Waals surface area (Å²) in [6.07, 6.45) is 10.4. The van der Waals surface area contributed by atoms with E-state index in [1.54, 1.807) is 25.3 Å². The van der Waals surface area contributed by atoms with Gasteiger partial charge in [0.15, 0.2) is 11.5 Å². The molecule has 39 heavy (non-hydrogen) atoms. The average Bonchev–Trinajstić information content (AvgIpc) is 3.52. The smallest absolute Gasteiger partial charge is 0.334 e. The molecule has 206 valence electrons. The van der Waals surface area contributed by atoms with Crippen LogP contribution >= 0.6 is 0 Å². The SMILES string of the molecule is C=C1C(=O)OC2C1CCC(C)=CCCC1(C)OC21.C=CC(C1=CC(=O)C(OC)=CC1=O)c1ccc(OC)cc1. The summed E-state index contributed by atoms with van der Waals surface area (Å²) in [7, 11) is 2.95. The Hall–Kier alpha value is -3.71. The number of epoxide rings is 1. The first kappa shape index (κ1) is 28.3. The summed E-state index contributed by atoms with van der Waals surface area (Å²) in [6, 6.07) is 7.30. The van der Waals surface area contributed by atoms with E-state index >= 15 is 0 Å². The number of esters is 1. The lowest BCUT2D eigenvalue weighted by Crippen LogP contribution is -2.28. The highest BCUT2D eigenvalue weighted by Gasteiger charge is 2.61.